The Morgan fingerprint density at radius 3 is 2.54 bits per heavy atom. The monoisotopic (exact) mass is 189 g/mol. The van der Waals surface area contributed by atoms with Crippen molar-refractivity contribution >= 4 is 5.96 Å². The van der Waals surface area contributed by atoms with Gasteiger partial charge in [-0.25, -0.2) is 0 Å². The van der Waals surface area contributed by atoms with E-state index in [4.69, 9.17) is 20.9 Å². The SMILES string of the molecule is COCCOCCCCN=C(N)N. The van der Waals surface area contributed by atoms with Crippen LogP contribution in [0.2, 0.25) is 0 Å². The maximum atomic E-state index is 5.25. The molecule has 0 atom stereocenters. The molecule has 0 aromatic carbocycles. The van der Waals surface area contributed by atoms with Gasteiger partial charge in [-0.05, 0) is 12.8 Å². The standard InChI is InChI=1S/C8H19N3O2/c1-12-6-7-13-5-3-2-4-11-8(9)10/h2-7H2,1H3,(H4,9,10,11). The van der Waals surface area contributed by atoms with Gasteiger partial charge in [0, 0.05) is 20.3 Å². The molecule has 0 fully saturated rings. The quantitative estimate of drug-likeness (QED) is 0.312. The van der Waals surface area contributed by atoms with Crippen molar-refractivity contribution in [2.45, 2.75) is 12.8 Å². The molecule has 0 aromatic heterocycles. The summed E-state index contributed by atoms with van der Waals surface area (Å²) in [4.78, 5) is 3.85. The van der Waals surface area contributed by atoms with E-state index in [1.54, 1.807) is 7.11 Å². The van der Waals surface area contributed by atoms with Gasteiger partial charge in [0.05, 0.1) is 13.2 Å². The number of nitrogens with zero attached hydrogens (tertiary/aromatic N) is 1. The van der Waals surface area contributed by atoms with Crippen LogP contribution in [-0.2, 0) is 9.47 Å². The fourth-order valence-electron chi connectivity index (χ4n) is 0.768. The molecule has 0 saturated heterocycles. The molecule has 0 unspecified atom stereocenters. The van der Waals surface area contributed by atoms with E-state index in [1.807, 2.05) is 0 Å². The van der Waals surface area contributed by atoms with Gasteiger partial charge >= 0.3 is 0 Å². The molecule has 5 heteroatoms. The van der Waals surface area contributed by atoms with Crippen molar-refractivity contribution in [3.05, 3.63) is 0 Å². The first kappa shape index (κ1) is 12.2. The van der Waals surface area contributed by atoms with Gasteiger partial charge < -0.3 is 20.9 Å². The Balaban J connectivity index is 2.96. The molecule has 0 rings (SSSR count). The molecule has 4 N–H and O–H groups in total. The largest absolute Gasteiger partial charge is 0.382 e. The second kappa shape index (κ2) is 9.28. The molecule has 0 amide bonds. The van der Waals surface area contributed by atoms with Crippen molar-refractivity contribution in [1.82, 2.24) is 0 Å². The minimum absolute atomic E-state index is 0.153. The molecule has 0 aliphatic carbocycles. The number of hydrogen-bond donors (Lipinski definition) is 2. The molecule has 0 saturated carbocycles. The zero-order chi connectivity index (χ0) is 9.94. The third-order valence-corrected chi connectivity index (χ3v) is 1.42. The van der Waals surface area contributed by atoms with Gasteiger partial charge in [0.1, 0.15) is 0 Å². The Morgan fingerprint density at radius 2 is 1.92 bits per heavy atom. The highest BCUT2D eigenvalue weighted by atomic mass is 16.5. The lowest BCUT2D eigenvalue weighted by Crippen LogP contribution is -2.23. The molecule has 0 bridgehead atoms. The predicted octanol–water partition coefficient (Wildman–Crippen LogP) is -0.297. The van der Waals surface area contributed by atoms with Crippen molar-refractivity contribution in [3.8, 4) is 0 Å². The number of aliphatic imine (C=N–C) groups is 1. The predicted molar refractivity (Wildman–Crippen MR) is 52.6 cm³/mol. The highest BCUT2D eigenvalue weighted by Gasteiger charge is 1.89. The van der Waals surface area contributed by atoms with Crippen molar-refractivity contribution in [2.75, 3.05) is 33.5 Å². The van der Waals surface area contributed by atoms with Crippen molar-refractivity contribution < 1.29 is 9.47 Å². The van der Waals surface area contributed by atoms with Crippen LogP contribution in [0, 0.1) is 0 Å². The summed E-state index contributed by atoms with van der Waals surface area (Å²) in [5.41, 5.74) is 10.3. The van der Waals surface area contributed by atoms with E-state index in [9.17, 15) is 0 Å². The first-order valence-corrected chi connectivity index (χ1v) is 4.39. The average molecular weight is 189 g/mol. The van der Waals surface area contributed by atoms with Crippen LogP contribution in [0.5, 0.6) is 0 Å². The summed E-state index contributed by atoms with van der Waals surface area (Å²) in [5.74, 6) is 0.153. The number of methoxy groups -OCH3 is 1. The van der Waals surface area contributed by atoms with E-state index in [2.05, 4.69) is 4.99 Å². The molecule has 0 spiro atoms. The van der Waals surface area contributed by atoms with Gasteiger partial charge in [-0.15, -0.1) is 0 Å². The van der Waals surface area contributed by atoms with Gasteiger partial charge in [0.2, 0.25) is 0 Å². The number of guanidine groups is 1. The summed E-state index contributed by atoms with van der Waals surface area (Å²) >= 11 is 0. The summed E-state index contributed by atoms with van der Waals surface area (Å²) in [6.07, 6.45) is 1.92. The molecular weight excluding hydrogens is 170 g/mol. The van der Waals surface area contributed by atoms with Gasteiger partial charge in [0.25, 0.3) is 0 Å². The lowest BCUT2D eigenvalue weighted by molar-refractivity contribution is 0.0690. The van der Waals surface area contributed by atoms with Crippen LogP contribution in [0.1, 0.15) is 12.8 Å². The second-order valence-corrected chi connectivity index (χ2v) is 2.62. The third kappa shape index (κ3) is 11.2. The van der Waals surface area contributed by atoms with Gasteiger partial charge in [-0.1, -0.05) is 0 Å². The fraction of sp³-hybridized carbons (Fsp3) is 0.875. The summed E-state index contributed by atoms with van der Waals surface area (Å²) in [6, 6.07) is 0. The van der Waals surface area contributed by atoms with Gasteiger partial charge in [-0.3, -0.25) is 4.99 Å². The van der Waals surface area contributed by atoms with Crippen LogP contribution in [0.25, 0.3) is 0 Å². The van der Waals surface area contributed by atoms with Crippen molar-refractivity contribution in [1.29, 1.82) is 0 Å². The number of rotatable bonds is 8. The maximum Gasteiger partial charge on any atom is 0.185 e. The van der Waals surface area contributed by atoms with Crippen LogP contribution < -0.4 is 11.5 Å². The number of nitrogens with two attached hydrogens (primary N) is 2. The van der Waals surface area contributed by atoms with Crippen LogP contribution in [0.3, 0.4) is 0 Å². The second-order valence-electron chi connectivity index (χ2n) is 2.62. The fourth-order valence-corrected chi connectivity index (χ4v) is 0.768. The Bertz CT molecular complexity index is 135. The van der Waals surface area contributed by atoms with Crippen LogP contribution >= 0.6 is 0 Å². The van der Waals surface area contributed by atoms with Crippen LogP contribution in [-0.4, -0.2) is 39.4 Å². The van der Waals surface area contributed by atoms with E-state index < -0.39 is 0 Å². The molecule has 0 aliphatic heterocycles. The first-order chi connectivity index (χ1) is 6.27. The van der Waals surface area contributed by atoms with Crippen LogP contribution in [0.4, 0.5) is 0 Å². The van der Waals surface area contributed by atoms with Crippen molar-refractivity contribution in [3.63, 3.8) is 0 Å². The highest BCUT2D eigenvalue weighted by molar-refractivity contribution is 5.75. The van der Waals surface area contributed by atoms with E-state index >= 15 is 0 Å². The molecule has 0 radical (unpaired) electrons. The number of unbranched alkanes of at least 4 members (excludes halogenated alkanes) is 1. The molecule has 0 heterocycles. The van der Waals surface area contributed by atoms with Gasteiger partial charge in [-0.2, -0.15) is 0 Å². The summed E-state index contributed by atoms with van der Waals surface area (Å²) in [5, 5.41) is 0. The topological polar surface area (TPSA) is 82.9 Å². The Labute approximate surface area is 79.1 Å². The van der Waals surface area contributed by atoms with Crippen LogP contribution in [0.15, 0.2) is 4.99 Å². The van der Waals surface area contributed by atoms with Gasteiger partial charge in [0.15, 0.2) is 5.96 Å². The molecule has 78 valence electrons. The summed E-state index contributed by atoms with van der Waals surface area (Å²) in [6.45, 7) is 2.71. The van der Waals surface area contributed by atoms with Crippen molar-refractivity contribution in [2.24, 2.45) is 16.5 Å². The Kier molecular flexibility index (Phi) is 8.70. The lowest BCUT2D eigenvalue weighted by Gasteiger charge is -2.01. The lowest BCUT2D eigenvalue weighted by atomic mass is 10.3. The Hall–Kier alpha value is -0.810. The number of hydrogen-bond acceptors (Lipinski definition) is 3. The Morgan fingerprint density at radius 1 is 1.15 bits per heavy atom. The van der Waals surface area contributed by atoms with E-state index in [0.717, 1.165) is 19.4 Å². The maximum absolute atomic E-state index is 5.25. The smallest absolute Gasteiger partial charge is 0.185 e. The summed E-state index contributed by atoms with van der Waals surface area (Å²) in [7, 11) is 1.65. The molecule has 13 heavy (non-hydrogen) atoms. The molecule has 5 nitrogen and oxygen atoms in total. The normalized spacial score (nSPS) is 9.92. The van der Waals surface area contributed by atoms with E-state index in [-0.39, 0.29) is 5.96 Å². The molecule has 0 aliphatic rings. The molecular formula is C8H19N3O2. The minimum atomic E-state index is 0.153. The minimum Gasteiger partial charge on any atom is -0.382 e. The van der Waals surface area contributed by atoms with E-state index in [0.29, 0.717) is 19.8 Å². The molecule has 0 aromatic rings. The highest BCUT2D eigenvalue weighted by Crippen LogP contribution is 1.90. The summed E-state index contributed by atoms with van der Waals surface area (Å²) < 4.78 is 10.1. The average Bonchev–Trinajstić information content (AvgIpc) is 2.09. The zero-order valence-corrected chi connectivity index (χ0v) is 8.16. The number of ether oxygens (including phenoxy) is 2. The van der Waals surface area contributed by atoms with E-state index in [1.165, 1.54) is 0 Å². The third-order valence-electron chi connectivity index (χ3n) is 1.42. The zero-order valence-electron chi connectivity index (χ0n) is 8.16. The first-order valence-electron chi connectivity index (χ1n) is 4.39.